The monoisotopic (exact) mass is 311 g/mol. The quantitative estimate of drug-likeness (QED) is 0.832. The maximum atomic E-state index is 12.3. The van der Waals surface area contributed by atoms with Crippen molar-refractivity contribution in [2.45, 2.75) is 51.2 Å². The molecule has 0 radical (unpaired) electrons. The van der Waals surface area contributed by atoms with Crippen molar-refractivity contribution in [1.82, 2.24) is 14.8 Å². The fourth-order valence-electron chi connectivity index (χ4n) is 4.67. The topological polar surface area (TPSA) is 88.0 Å². The molecule has 3 rings (SSSR count). The molecule has 0 aliphatic heterocycles. The second-order valence-corrected chi connectivity index (χ2v) is 8.12. The molecule has 3 atom stereocenters. The number of thioether (sulfide) groups is 1. The SMILES string of the molecule is CC12CCC(C1)C(C)(C)C2n1c(SCC(=O)O)n[nH]c1=O. The Balaban J connectivity index is 2.02. The molecule has 2 aliphatic rings. The zero-order chi connectivity index (χ0) is 15.4. The highest BCUT2D eigenvalue weighted by molar-refractivity contribution is 7.99. The first-order valence-electron chi connectivity index (χ1n) is 7.27. The summed E-state index contributed by atoms with van der Waals surface area (Å²) in [6.45, 7) is 6.69. The summed E-state index contributed by atoms with van der Waals surface area (Å²) in [6.07, 6.45) is 3.46. The maximum absolute atomic E-state index is 12.3. The largest absolute Gasteiger partial charge is 0.481 e. The Bertz CT molecular complexity index is 631. The minimum Gasteiger partial charge on any atom is -0.481 e. The minimum atomic E-state index is -0.902. The van der Waals surface area contributed by atoms with Gasteiger partial charge in [-0.2, -0.15) is 0 Å². The molecule has 2 N–H and O–H groups in total. The van der Waals surface area contributed by atoms with Gasteiger partial charge < -0.3 is 5.11 Å². The van der Waals surface area contributed by atoms with Crippen molar-refractivity contribution >= 4 is 17.7 Å². The first kappa shape index (κ1) is 14.7. The molecule has 1 aromatic heterocycles. The first-order valence-corrected chi connectivity index (χ1v) is 8.26. The third kappa shape index (κ3) is 2.13. The molecular weight excluding hydrogens is 290 g/mol. The number of H-pyrrole nitrogens is 1. The molecule has 3 unspecified atom stereocenters. The van der Waals surface area contributed by atoms with Gasteiger partial charge in [0.15, 0.2) is 5.16 Å². The lowest BCUT2D eigenvalue weighted by Gasteiger charge is -2.43. The third-order valence-electron chi connectivity index (χ3n) is 5.45. The van der Waals surface area contributed by atoms with Crippen LogP contribution in [0.4, 0.5) is 0 Å². The number of aromatic nitrogens is 3. The molecule has 2 fully saturated rings. The van der Waals surface area contributed by atoms with E-state index in [1.54, 1.807) is 4.57 Å². The molecule has 1 heterocycles. The van der Waals surface area contributed by atoms with Gasteiger partial charge in [-0.1, -0.05) is 32.5 Å². The van der Waals surface area contributed by atoms with Gasteiger partial charge in [-0.05, 0) is 36.0 Å². The van der Waals surface area contributed by atoms with Gasteiger partial charge >= 0.3 is 11.7 Å². The van der Waals surface area contributed by atoms with E-state index in [0.717, 1.165) is 24.6 Å². The standard InChI is InChI=1S/C14H21N3O3S/c1-13(2)8-4-5-14(3,6-8)10(13)17-11(20)15-16-12(17)21-7-9(18)19/h8,10H,4-7H2,1-3H3,(H,15,20)(H,18,19). The number of nitrogens with one attached hydrogen (secondary N) is 1. The Morgan fingerprint density at radius 3 is 2.81 bits per heavy atom. The average Bonchev–Trinajstić information content (AvgIpc) is 2.98. The van der Waals surface area contributed by atoms with E-state index in [9.17, 15) is 9.59 Å². The smallest absolute Gasteiger partial charge is 0.344 e. The van der Waals surface area contributed by atoms with E-state index in [4.69, 9.17) is 5.11 Å². The molecule has 0 amide bonds. The van der Waals surface area contributed by atoms with Crippen LogP contribution in [0.25, 0.3) is 0 Å². The number of aromatic amines is 1. The Morgan fingerprint density at radius 1 is 1.52 bits per heavy atom. The number of hydrogen-bond acceptors (Lipinski definition) is 4. The summed E-state index contributed by atoms with van der Waals surface area (Å²) in [6, 6.07) is 0.0753. The fourth-order valence-corrected chi connectivity index (χ4v) is 5.36. The lowest BCUT2D eigenvalue weighted by molar-refractivity contribution is -0.133. The summed E-state index contributed by atoms with van der Waals surface area (Å²) in [5.74, 6) is -0.371. The van der Waals surface area contributed by atoms with Gasteiger partial charge in [0, 0.05) is 0 Å². The molecule has 0 aromatic carbocycles. The van der Waals surface area contributed by atoms with Gasteiger partial charge in [0.1, 0.15) is 0 Å². The van der Waals surface area contributed by atoms with Gasteiger partial charge in [-0.25, -0.2) is 9.89 Å². The minimum absolute atomic E-state index is 0.0270. The van der Waals surface area contributed by atoms with Crippen LogP contribution < -0.4 is 5.69 Å². The zero-order valence-corrected chi connectivity index (χ0v) is 13.4. The molecule has 2 saturated carbocycles. The maximum Gasteiger partial charge on any atom is 0.344 e. The molecule has 0 saturated heterocycles. The summed E-state index contributed by atoms with van der Waals surface area (Å²) >= 11 is 1.11. The zero-order valence-electron chi connectivity index (χ0n) is 12.5. The van der Waals surface area contributed by atoms with E-state index in [1.807, 2.05) is 0 Å². The molecule has 0 spiro atoms. The van der Waals surface area contributed by atoms with Crippen molar-refractivity contribution in [3.8, 4) is 0 Å². The van der Waals surface area contributed by atoms with Crippen molar-refractivity contribution in [1.29, 1.82) is 0 Å². The van der Waals surface area contributed by atoms with Gasteiger partial charge in [0.05, 0.1) is 11.8 Å². The highest BCUT2D eigenvalue weighted by atomic mass is 32.2. The predicted molar refractivity (Wildman–Crippen MR) is 79.5 cm³/mol. The van der Waals surface area contributed by atoms with Crippen molar-refractivity contribution in [3.63, 3.8) is 0 Å². The van der Waals surface area contributed by atoms with Crippen LogP contribution in [0, 0.1) is 16.7 Å². The Labute approximate surface area is 127 Å². The normalized spacial score (nSPS) is 33.5. The highest BCUT2D eigenvalue weighted by Gasteiger charge is 2.60. The summed E-state index contributed by atoms with van der Waals surface area (Å²) in [5.41, 5.74) is -0.102. The van der Waals surface area contributed by atoms with E-state index in [2.05, 4.69) is 31.0 Å². The molecule has 1 aromatic rings. The van der Waals surface area contributed by atoms with E-state index in [-0.39, 0.29) is 28.3 Å². The lowest BCUT2D eigenvalue weighted by Crippen LogP contribution is -2.41. The molecule has 116 valence electrons. The van der Waals surface area contributed by atoms with Crippen molar-refractivity contribution in [3.05, 3.63) is 10.5 Å². The lowest BCUT2D eigenvalue weighted by atomic mass is 9.68. The molecule has 2 bridgehead atoms. The van der Waals surface area contributed by atoms with Crippen molar-refractivity contribution < 1.29 is 9.90 Å². The van der Waals surface area contributed by atoms with E-state index >= 15 is 0 Å². The summed E-state index contributed by atoms with van der Waals surface area (Å²) in [5, 5.41) is 15.9. The Hall–Kier alpha value is -1.24. The average molecular weight is 311 g/mol. The number of fused-ring (bicyclic) bond motifs is 2. The number of rotatable bonds is 4. The third-order valence-corrected chi connectivity index (χ3v) is 6.39. The van der Waals surface area contributed by atoms with Gasteiger partial charge in [0.2, 0.25) is 0 Å². The fraction of sp³-hybridized carbons (Fsp3) is 0.786. The summed E-state index contributed by atoms with van der Waals surface area (Å²) in [7, 11) is 0. The number of aliphatic carboxylic acids is 1. The summed E-state index contributed by atoms with van der Waals surface area (Å²) in [4.78, 5) is 23.0. The van der Waals surface area contributed by atoms with Gasteiger partial charge in [-0.15, -0.1) is 5.10 Å². The molecule has 7 heteroatoms. The van der Waals surface area contributed by atoms with Crippen LogP contribution in [-0.2, 0) is 4.79 Å². The van der Waals surface area contributed by atoms with Gasteiger partial charge in [-0.3, -0.25) is 9.36 Å². The summed E-state index contributed by atoms with van der Waals surface area (Å²) < 4.78 is 1.72. The predicted octanol–water partition coefficient (Wildman–Crippen LogP) is 2.14. The number of carboxylic acid groups (broad SMARTS) is 1. The molecular formula is C14H21N3O3S. The van der Waals surface area contributed by atoms with Crippen molar-refractivity contribution in [2.24, 2.45) is 16.7 Å². The van der Waals surface area contributed by atoms with Crippen LogP contribution in [0.2, 0.25) is 0 Å². The number of carboxylic acids is 1. The van der Waals surface area contributed by atoms with E-state index in [0.29, 0.717) is 11.1 Å². The highest BCUT2D eigenvalue weighted by Crippen LogP contribution is 2.68. The number of nitrogens with zero attached hydrogens (tertiary/aromatic N) is 2. The van der Waals surface area contributed by atoms with E-state index < -0.39 is 5.97 Å². The molecule has 2 aliphatic carbocycles. The van der Waals surface area contributed by atoms with Gasteiger partial charge in [0.25, 0.3) is 0 Å². The Morgan fingerprint density at radius 2 is 2.24 bits per heavy atom. The van der Waals surface area contributed by atoms with Crippen LogP contribution in [0.1, 0.15) is 46.1 Å². The van der Waals surface area contributed by atoms with Crippen LogP contribution in [0.3, 0.4) is 0 Å². The second kappa shape index (κ2) is 4.63. The Kier molecular flexibility index (Phi) is 3.24. The van der Waals surface area contributed by atoms with E-state index in [1.165, 1.54) is 6.42 Å². The molecule has 21 heavy (non-hydrogen) atoms. The van der Waals surface area contributed by atoms with Crippen LogP contribution in [-0.4, -0.2) is 31.6 Å². The number of hydrogen-bond donors (Lipinski definition) is 2. The molecule has 6 nitrogen and oxygen atoms in total. The first-order chi connectivity index (χ1) is 9.75. The van der Waals surface area contributed by atoms with Crippen LogP contribution >= 0.6 is 11.8 Å². The second-order valence-electron chi connectivity index (χ2n) is 7.18. The van der Waals surface area contributed by atoms with Crippen LogP contribution in [0.5, 0.6) is 0 Å². The number of carbonyl (C=O) groups is 1. The van der Waals surface area contributed by atoms with Crippen LogP contribution in [0.15, 0.2) is 9.95 Å². The van der Waals surface area contributed by atoms with Crippen molar-refractivity contribution in [2.75, 3.05) is 5.75 Å².